The minimum atomic E-state index is -0.605. The molecule has 0 radical (unpaired) electrons. The van der Waals surface area contributed by atoms with Crippen molar-refractivity contribution in [2.75, 3.05) is 0 Å². The van der Waals surface area contributed by atoms with E-state index < -0.39 is 6.10 Å². The number of aliphatic hydroxyl groups is 1. The molecule has 0 aliphatic carbocycles. The van der Waals surface area contributed by atoms with Crippen LogP contribution in [-0.2, 0) is 19.4 Å². The molecular formula is C14H20N2O2. The molecule has 0 saturated heterocycles. The SMILES string of the molecule is CCc1ccc(C(O)Cc2cc(C)nn2CC)o1. The van der Waals surface area contributed by atoms with Crippen LogP contribution in [0.3, 0.4) is 0 Å². The third-order valence-electron chi connectivity index (χ3n) is 3.05. The summed E-state index contributed by atoms with van der Waals surface area (Å²) in [6.07, 6.45) is 0.774. The number of aromatic nitrogens is 2. The van der Waals surface area contributed by atoms with Crippen LogP contribution in [0.5, 0.6) is 0 Å². The van der Waals surface area contributed by atoms with Crippen molar-refractivity contribution >= 4 is 0 Å². The van der Waals surface area contributed by atoms with Gasteiger partial charge in [-0.25, -0.2) is 0 Å². The molecule has 0 fully saturated rings. The van der Waals surface area contributed by atoms with Crippen molar-refractivity contribution in [3.05, 3.63) is 41.1 Å². The van der Waals surface area contributed by atoms with E-state index in [1.54, 1.807) is 0 Å². The molecule has 2 aromatic heterocycles. The van der Waals surface area contributed by atoms with Crippen molar-refractivity contribution in [1.29, 1.82) is 0 Å². The van der Waals surface area contributed by atoms with Gasteiger partial charge in [-0.05, 0) is 32.0 Å². The first-order valence-electron chi connectivity index (χ1n) is 6.44. The second-order valence-electron chi connectivity index (χ2n) is 4.47. The fourth-order valence-corrected chi connectivity index (χ4v) is 2.10. The number of aliphatic hydroxyl groups excluding tert-OH is 1. The lowest BCUT2D eigenvalue weighted by Crippen LogP contribution is -2.07. The summed E-state index contributed by atoms with van der Waals surface area (Å²) < 4.78 is 7.49. The summed E-state index contributed by atoms with van der Waals surface area (Å²) in [5.41, 5.74) is 2.02. The third kappa shape index (κ3) is 2.64. The number of nitrogens with zero attached hydrogens (tertiary/aromatic N) is 2. The molecule has 1 N–H and O–H groups in total. The number of hydrogen-bond acceptors (Lipinski definition) is 3. The predicted molar refractivity (Wildman–Crippen MR) is 69.4 cm³/mol. The molecule has 4 heteroatoms. The summed E-state index contributed by atoms with van der Waals surface area (Å²) in [5.74, 6) is 1.54. The van der Waals surface area contributed by atoms with Crippen LogP contribution >= 0.6 is 0 Å². The third-order valence-corrected chi connectivity index (χ3v) is 3.05. The van der Waals surface area contributed by atoms with E-state index in [9.17, 15) is 5.11 Å². The Bertz CT molecular complexity index is 514. The molecule has 0 bridgehead atoms. The zero-order valence-electron chi connectivity index (χ0n) is 11.2. The van der Waals surface area contributed by atoms with Gasteiger partial charge >= 0.3 is 0 Å². The van der Waals surface area contributed by atoms with Gasteiger partial charge in [-0.1, -0.05) is 6.92 Å². The molecule has 1 unspecified atom stereocenters. The molecule has 0 aromatic carbocycles. The molecule has 0 aliphatic heterocycles. The first-order chi connectivity index (χ1) is 8.63. The van der Waals surface area contributed by atoms with E-state index in [4.69, 9.17) is 4.42 Å². The molecule has 2 rings (SSSR count). The maximum Gasteiger partial charge on any atom is 0.133 e. The van der Waals surface area contributed by atoms with Gasteiger partial charge in [-0.2, -0.15) is 5.10 Å². The zero-order chi connectivity index (χ0) is 13.1. The van der Waals surface area contributed by atoms with Gasteiger partial charge in [-0.3, -0.25) is 4.68 Å². The standard InChI is InChI=1S/C14H20N2O2/c1-4-12-6-7-14(18-12)13(17)9-11-8-10(3)15-16(11)5-2/h6-8,13,17H,4-5,9H2,1-3H3. The molecule has 0 spiro atoms. The van der Waals surface area contributed by atoms with Crippen molar-refractivity contribution in [1.82, 2.24) is 9.78 Å². The quantitative estimate of drug-likeness (QED) is 0.885. The molecular weight excluding hydrogens is 228 g/mol. The topological polar surface area (TPSA) is 51.2 Å². The Morgan fingerprint density at radius 2 is 2.17 bits per heavy atom. The summed E-state index contributed by atoms with van der Waals surface area (Å²) in [5, 5.41) is 14.5. The van der Waals surface area contributed by atoms with E-state index in [0.717, 1.165) is 30.1 Å². The van der Waals surface area contributed by atoms with Crippen LogP contribution in [-0.4, -0.2) is 14.9 Å². The van der Waals surface area contributed by atoms with Gasteiger partial charge in [0.1, 0.15) is 17.6 Å². The average Bonchev–Trinajstić information content (AvgIpc) is 2.95. The van der Waals surface area contributed by atoms with Crippen molar-refractivity contribution in [2.45, 2.75) is 46.3 Å². The highest BCUT2D eigenvalue weighted by atomic mass is 16.4. The normalized spacial score (nSPS) is 12.9. The lowest BCUT2D eigenvalue weighted by atomic mass is 10.1. The van der Waals surface area contributed by atoms with Gasteiger partial charge in [0, 0.05) is 25.1 Å². The van der Waals surface area contributed by atoms with Crippen molar-refractivity contribution in [3.63, 3.8) is 0 Å². The summed E-state index contributed by atoms with van der Waals surface area (Å²) in [6, 6.07) is 5.78. The molecule has 4 nitrogen and oxygen atoms in total. The Kier molecular flexibility index (Phi) is 3.87. The summed E-state index contributed by atoms with van der Waals surface area (Å²) >= 11 is 0. The van der Waals surface area contributed by atoms with Gasteiger partial charge in [0.05, 0.1) is 5.69 Å². The Morgan fingerprint density at radius 3 is 2.78 bits per heavy atom. The number of furan rings is 1. The number of rotatable bonds is 5. The fraction of sp³-hybridized carbons (Fsp3) is 0.500. The van der Waals surface area contributed by atoms with Crippen LogP contribution in [0.15, 0.2) is 22.6 Å². The first kappa shape index (κ1) is 12.9. The highest BCUT2D eigenvalue weighted by Gasteiger charge is 2.15. The van der Waals surface area contributed by atoms with E-state index in [1.165, 1.54) is 0 Å². The van der Waals surface area contributed by atoms with Gasteiger partial charge in [0.25, 0.3) is 0 Å². The monoisotopic (exact) mass is 248 g/mol. The van der Waals surface area contributed by atoms with Gasteiger partial charge < -0.3 is 9.52 Å². The van der Waals surface area contributed by atoms with Crippen molar-refractivity contribution < 1.29 is 9.52 Å². The zero-order valence-corrected chi connectivity index (χ0v) is 11.2. The molecule has 0 amide bonds. The van der Waals surface area contributed by atoms with Crippen LogP contribution in [0.4, 0.5) is 0 Å². The Hall–Kier alpha value is -1.55. The van der Waals surface area contributed by atoms with E-state index in [2.05, 4.69) is 5.10 Å². The second-order valence-corrected chi connectivity index (χ2v) is 4.47. The highest BCUT2D eigenvalue weighted by Crippen LogP contribution is 2.21. The van der Waals surface area contributed by atoms with Crippen LogP contribution in [0.25, 0.3) is 0 Å². The Labute approximate surface area is 107 Å². The molecule has 2 aromatic rings. The van der Waals surface area contributed by atoms with Crippen LogP contribution < -0.4 is 0 Å². The Morgan fingerprint density at radius 1 is 1.39 bits per heavy atom. The maximum atomic E-state index is 10.2. The lowest BCUT2D eigenvalue weighted by Gasteiger charge is -2.09. The van der Waals surface area contributed by atoms with E-state index >= 15 is 0 Å². The fourth-order valence-electron chi connectivity index (χ4n) is 2.10. The van der Waals surface area contributed by atoms with Gasteiger partial charge in [-0.15, -0.1) is 0 Å². The first-order valence-corrected chi connectivity index (χ1v) is 6.44. The van der Waals surface area contributed by atoms with Crippen LogP contribution in [0.1, 0.15) is 42.9 Å². The summed E-state index contributed by atoms with van der Waals surface area (Å²) in [4.78, 5) is 0. The maximum absolute atomic E-state index is 10.2. The highest BCUT2D eigenvalue weighted by molar-refractivity contribution is 5.15. The largest absolute Gasteiger partial charge is 0.463 e. The van der Waals surface area contributed by atoms with Gasteiger partial charge in [0.2, 0.25) is 0 Å². The van der Waals surface area contributed by atoms with Gasteiger partial charge in [0.15, 0.2) is 0 Å². The molecule has 0 saturated carbocycles. The molecule has 0 aliphatic rings. The smallest absolute Gasteiger partial charge is 0.133 e. The van der Waals surface area contributed by atoms with Crippen molar-refractivity contribution in [2.24, 2.45) is 0 Å². The van der Waals surface area contributed by atoms with E-state index in [1.807, 2.05) is 43.7 Å². The number of aryl methyl sites for hydroxylation is 3. The molecule has 18 heavy (non-hydrogen) atoms. The second kappa shape index (κ2) is 5.40. The van der Waals surface area contributed by atoms with Crippen LogP contribution in [0.2, 0.25) is 0 Å². The molecule has 98 valence electrons. The van der Waals surface area contributed by atoms with Crippen molar-refractivity contribution in [3.8, 4) is 0 Å². The summed E-state index contributed by atoms with van der Waals surface area (Å²) in [7, 11) is 0. The molecule has 1 atom stereocenters. The number of hydrogen-bond donors (Lipinski definition) is 1. The van der Waals surface area contributed by atoms with Crippen LogP contribution in [0, 0.1) is 6.92 Å². The van der Waals surface area contributed by atoms with E-state index in [-0.39, 0.29) is 0 Å². The minimum Gasteiger partial charge on any atom is -0.463 e. The Balaban J connectivity index is 2.12. The molecule has 2 heterocycles. The summed E-state index contributed by atoms with van der Waals surface area (Å²) in [6.45, 7) is 6.85. The minimum absolute atomic E-state index is 0.533. The predicted octanol–water partition coefficient (Wildman–Crippen LogP) is 2.64. The van der Waals surface area contributed by atoms with E-state index in [0.29, 0.717) is 12.2 Å². The average molecular weight is 248 g/mol. The lowest BCUT2D eigenvalue weighted by molar-refractivity contribution is 0.145.